The van der Waals surface area contributed by atoms with Crippen molar-refractivity contribution in [3.8, 4) is 0 Å². The lowest BCUT2D eigenvalue weighted by atomic mass is 10.3. The number of allylic oxidation sites excluding steroid dienone is 1. The smallest absolute Gasteiger partial charge is 0.302 e. The van der Waals surface area contributed by atoms with Crippen molar-refractivity contribution in [2.45, 2.75) is 13.0 Å². The molecule has 0 aromatic carbocycles. The maximum atomic E-state index is 10.2. The minimum Gasteiger partial charge on any atom is -0.381 e. The topological polar surface area (TPSA) is 67.5 Å². The molecule has 0 bridgehead atoms. The number of nitrogens with zero attached hydrogens (tertiary/aromatic N) is 2. The van der Waals surface area contributed by atoms with Crippen molar-refractivity contribution in [1.29, 1.82) is 0 Å². The molecule has 60 valence electrons. The molecule has 1 aliphatic heterocycles. The Kier molecular flexibility index (Phi) is 2.20. The summed E-state index contributed by atoms with van der Waals surface area (Å²) in [7, 11) is 0. The largest absolute Gasteiger partial charge is 0.381 e. The van der Waals surface area contributed by atoms with Gasteiger partial charge in [0.2, 0.25) is 0 Å². The molecule has 0 saturated heterocycles. The lowest BCUT2D eigenvalue weighted by Crippen LogP contribution is -2.22. The Bertz CT molecular complexity index is 222. The van der Waals surface area contributed by atoms with E-state index >= 15 is 0 Å². The van der Waals surface area contributed by atoms with Gasteiger partial charge in [-0.1, -0.05) is 0 Å². The fourth-order valence-corrected chi connectivity index (χ4v) is 0.722. The molecule has 1 N–H and O–H groups in total. The Hall–Kier alpha value is -1.39. The van der Waals surface area contributed by atoms with Gasteiger partial charge in [0.05, 0.1) is 17.7 Å². The van der Waals surface area contributed by atoms with E-state index in [1.165, 1.54) is 12.4 Å². The lowest BCUT2D eigenvalue weighted by molar-refractivity contribution is -0.414. The summed E-state index contributed by atoms with van der Waals surface area (Å²) < 4.78 is 0. The van der Waals surface area contributed by atoms with Crippen LogP contribution < -0.4 is 5.32 Å². The Morgan fingerprint density at radius 1 is 1.91 bits per heavy atom. The van der Waals surface area contributed by atoms with E-state index in [0.29, 0.717) is 6.54 Å². The Morgan fingerprint density at radius 2 is 2.64 bits per heavy atom. The van der Waals surface area contributed by atoms with Gasteiger partial charge >= 0.3 is 5.70 Å². The first kappa shape index (κ1) is 7.71. The standard InChI is InChI=1S/C6H9N3O2/c1-5-2-7-3-6(4-8-5)9(10)11/h3-5,8H,2H2,1H3/t5-/m0/s1. The average molecular weight is 155 g/mol. The summed E-state index contributed by atoms with van der Waals surface area (Å²) in [4.78, 5) is 13.6. The van der Waals surface area contributed by atoms with Crippen molar-refractivity contribution in [1.82, 2.24) is 5.32 Å². The molecule has 1 aliphatic rings. The predicted octanol–water partition coefficient (Wildman–Crippen LogP) is 0.167. The molecular formula is C6H9N3O2. The minimum atomic E-state index is -0.464. The van der Waals surface area contributed by atoms with E-state index in [0.717, 1.165) is 0 Å². The van der Waals surface area contributed by atoms with Crippen LogP contribution in [0.25, 0.3) is 0 Å². The third kappa shape index (κ3) is 2.03. The van der Waals surface area contributed by atoms with E-state index in [1.54, 1.807) is 0 Å². The third-order valence-electron chi connectivity index (χ3n) is 1.33. The van der Waals surface area contributed by atoms with Crippen LogP contribution in [0.2, 0.25) is 0 Å². The van der Waals surface area contributed by atoms with Gasteiger partial charge in [-0.2, -0.15) is 0 Å². The van der Waals surface area contributed by atoms with Crippen molar-refractivity contribution >= 4 is 6.21 Å². The molecule has 0 aromatic rings. The van der Waals surface area contributed by atoms with Crippen molar-refractivity contribution in [3.63, 3.8) is 0 Å². The maximum absolute atomic E-state index is 10.2. The van der Waals surface area contributed by atoms with Crippen LogP contribution >= 0.6 is 0 Å². The van der Waals surface area contributed by atoms with Crippen molar-refractivity contribution in [2.24, 2.45) is 4.99 Å². The number of aliphatic imine (C=N–C) groups is 1. The van der Waals surface area contributed by atoms with Gasteiger partial charge in [0.15, 0.2) is 0 Å². The van der Waals surface area contributed by atoms with E-state index in [1.807, 2.05) is 6.92 Å². The molecule has 0 spiro atoms. The highest BCUT2D eigenvalue weighted by atomic mass is 16.6. The van der Waals surface area contributed by atoms with Gasteiger partial charge in [-0.15, -0.1) is 0 Å². The SMILES string of the molecule is C[C@H]1CN=CC([N+](=O)[O-])=CN1. The molecule has 0 amide bonds. The lowest BCUT2D eigenvalue weighted by Gasteiger charge is -2.03. The molecule has 1 rings (SSSR count). The Morgan fingerprint density at radius 3 is 3.27 bits per heavy atom. The van der Waals surface area contributed by atoms with Crippen LogP contribution in [0.1, 0.15) is 6.92 Å². The minimum absolute atomic E-state index is 0.00866. The average Bonchev–Trinajstić information content (AvgIpc) is 2.13. The van der Waals surface area contributed by atoms with Gasteiger partial charge in [0.25, 0.3) is 0 Å². The normalized spacial score (nSPS) is 23.4. The fraction of sp³-hybridized carbons (Fsp3) is 0.500. The van der Waals surface area contributed by atoms with E-state index in [9.17, 15) is 10.1 Å². The van der Waals surface area contributed by atoms with Gasteiger partial charge in [0, 0.05) is 6.04 Å². The van der Waals surface area contributed by atoms with E-state index in [-0.39, 0.29) is 11.7 Å². The first-order valence-corrected chi connectivity index (χ1v) is 3.30. The first-order chi connectivity index (χ1) is 5.20. The highest BCUT2D eigenvalue weighted by Gasteiger charge is 2.10. The number of nitrogens with one attached hydrogen (secondary N) is 1. The zero-order chi connectivity index (χ0) is 8.27. The van der Waals surface area contributed by atoms with Crippen LogP contribution in [-0.2, 0) is 0 Å². The zero-order valence-corrected chi connectivity index (χ0v) is 6.15. The van der Waals surface area contributed by atoms with E-state index in [4.69, 9.17) is 0 Å². The molecule has 1 atom stereocenters. The second-order valence-electron chi connectivity index (χ2n) is 2.39. The third-order valence-corrected chi connectivity index (χ3v) is 1.33. The molecule has 11 heavy (non-hydrogen) atoms. The number of hydrogen-bond donors (Lipinski definition) is 1. The highest BCUT2D eigenvalue weighted by molar-refractivity contribution is 5.75. The molecule has 5 heteroatoms. The summed E-state index contributed by atoms with van der Waals surface area (Å²) in [5.74, 6) is 0. The molecule has 0 unspecified atom stereocenters. The predicted molar refractivity (Wildman–Crippen MR) is 41.0 cm³/mol. The summed E-state index contributed by atoms with van der Waals surface area (Å²) in [6.45, 7) is 2.49. The monoisotopic (exact) mass is 155 g/mol. The van der Waals surface area contributed by atoms with Crippen LogP contribution in [0.15, 0.2) is 16.9 Å². The second-order valence-corrected chi connectivity index (χ2v) is 2.39. The Balaban J connectivity index is 2.72. The molecule has 5 nitrogen and oxygen atoms in total. The van der Waals surface area contributed by atoms with Crippen LogP contribution in [0.4, 0.5) is 0 Å². The fourth-order valence-electron chi connectivity index (χ4n) is 0.722. The van der Waals surface area contributed by atoms with Crippen LogP contribution in [0.5, 0.6) is 0 Å². The Labute approximate surface area is 64.0 Å². The number of rotatable bonds is 1. The quantitative estimate of drug-likeness (QED) is 0.433. The molecular weight excluding hydrogens is 146 g/mol. The second kappa shape index (κ2) is 3.14. The molecule has 1 heterocycles. The molecule has 0 aromatic heterocycles. The zero-order valence-electron chi connectivity index (χ0n) is 6.15. The summed E-state index contributed by atoms with van der Waals surface area (Å²) in [6.07, 6.45) is 2.65. The van der Waals surface area contributed by atoms with Gasteiger partial charge in [-0.25, -0.2) is 0 Å². The van der Waals surface area contributed by atoms with Crippen LogP contribution in [-0.4, -0.2) is 23.7 Å². The molecule has 0 saturated carbocycles. The molecule has 0 fully saturated rings. The summed E-state index contributed by atoms with van der Waals surface area (Å²) in [6, 6.07) is 0.170. The van der Waals surface area contributed by atoms with Gasteiger partial charge in [0.1, 0.15) is 6.21 Å². The first-order valence-electron chi connectivity index (χ1n) is 3.30. The number of hydrogen-bond acceptors (Lipinski definition) is 4. The highest BCUT2D eigenvalue weighted by Crippen LogP contribution is 1.95. The molecule has 0 radical (unpaired) electrons. The van der Waals surface area contributed by atoms with Crippen molar-refractivity contribution < 1.29 is 4.92 Å². The van der Waals surface area contributed by atoms with Gasteiger partial charge in [-0.3, -0.25) is 15.1 Å². The van der Waals surface area contributed by atoms with Crippen LogP contribution in [0, 0.1) is 10.1 Å². The maximum Gasteiger partial charge on any atom is 0.302 e. The number of nitro groups is 1. The van der Waals surface area contributed by atoms with Crippen LogP contribution in [0.3, 0.4) is 0 Å². The summed E-state index contributed by atoms with van der Waals surface area (Å²) in [5.41, 5.74) is 0.00866. The summed E-state index contributed by atoms with van der Waals surface area (Å²) in [5, 5.41) is 13.1. The summed E-state index contributed by atoms with van der Waals surface area (Å²) >= 11 is 0. The van der Waals surface area contributed by atoms with Crippen molar-refractivity contribution in [3.05, 3.63) is 22.0 Å². The van der Waals surface area contributed by atoms with Gasteiger partial charge in [-0.05, 0) is 6.92 Å². The van der Waals surface area contributed by atoms with E-state index < -0.39 is 4.92 Å². The molecule has 0 aliphatic carbocycles. The van der Waals surface area contributed by atoms with E-state index in [2.05, 4.69) is 10.3 Å². The van der Waals surface area contributed by atoms with Gasteiger partial charge < -0.3 is 5.32 Å². The van der Waals surface area contributed by atoms with Crippen molar-refractivity contribution in [2.75, 3.05) is 6.54 Å².